The van der Waals surface area contributed by atoms with E-state index in [1.54, 1.807) is 6.07 Å². The minimum absolute atomic E-state index is 0.411. The highest BCUT2D eigenvalue weighted by Crippen LogP contribution is 2.17. The van der Waals surface area contributed by atoms with Crippen LogP contribution in [0.25, 0.3) is 0 Å². The zero-order valence-electron chi connectivity index (χ0n) is 10.8. The SMILES string of the molecule is Cc1nc(Cl)ccc1NCc1cncn1C(C)C. The molecule has 4 nitrogen and oxygen atoms in total. The van der Waals surface area contributed by atoms with Crippen LogP contribution < -0.4 is 5.32 Å². The number of rotatable bonds is 4. The highest BCUT2D eigenvalue weighted by molar-refractivity contribution is 6.29. The lowest BCUT2D eigenvalue weighted by molar-refractivity contribution is 0.577. The van der Waals surface area contributed by atoms with Crippen molar-refractivity contribution in [3.05, 3.63) is 41.2 Å². The first kappa shape index (κ1) is 12.9. The number of hydrogen-bond donors (Lipinski definition) is 1. The molecule has 18 heavy (non-hydrogen) atoms. The standard InChI is InChI=1S/C13H17ClN4/c1-9(2)18-8-15-6-11(18)7-16-12-4-5-13(14)17-10(12)3/h4-6,8-9,16H,7H2,1-3H3. The van der Waals surface area contributed by atoms with Gasteiger partial charge in [0.25, 0.3) is 0 Å². The number of imidazole rings is 1. The molecule has 0 atom stereocenters. The lowest BCUT2D eigenvalue weighted by atomic mass is 10.3. The van der Waals surface area contributed by atoms with Gasteiger partial charge in [0.15, 0.2) is 0 Å². The van der Waals surface area contributed by atoms with Gasteiger partial charge < -0.3 is 9.88 Å². The summed E-state index contributed by atoms with van der Waals surface area (Å²) in [6.07, 6.45) is 3.74. The van der Waals surface area contributed by atoms with E-state index < -0.39 is 0 Å². The first-order valence-electron chi connectivity index (χ1n) is 5.95. The zero-order chi connectivity index (χ0) is 13.1. The van der Waals surface area contributed by atoms with E-state index >= 15 is 0 Å². The van der Waals surface area contributed by atoms with Crippen LogP contribution >= 0.6 is 11.6 Å². The molecule has 2 aromatic rings. The second kappa shape index (κ2) is 5.40. The van der Waals surface area contributed by atoms with Crippen LogP contribution in [-0.4, -0.2) is 14.5 Å². The maximum Gasteiger partial charge on any atom is 0.129 e. The molecule has 0 radical (unpaired) electrons. The Labute approximate surface area is 112 Å². The highest BCUT2D eigenvalue weighted by atomic mass is 35.5. The van der Waals surface area contributed by atoms with Crippen LogP contribution in [-0.2, 0) is 6.54 Å². The summed E-state index contributed by atoms with van der Waals surface area (Å²) in [6, 6.07) is 4.14. The van der Waals surface area contributed by atoms with Gasteiger partial charge in [-0.2, -0.15) is 0 Å². The van der Waals surface area contributed by atoms with E-state index in [4.69, 9.17) is 11.6 Å². The molecule has 0 bridgehead atoms. The van der Waals surface area contributed by atoms with Gasteiger partial charge in [0.2, 0.25) is 0 Å². The summed E-state index contributed by atoms with van der Waals surface area (Å²) >= 11 is 5.83. The molecule has 0 unspecified atom stereocenters. The second-order valence-corrected chi connectivity index (χ2v) is 4.89. The van der Waals surface area contributed by atoms with Crippen molar-refractivity contribution in [3.63, 3.8) is 0 Å². The average molecular weight is 265 g/mol. The third-order valence-electron chi connectivity index (χ3n) is 2.81. The molecule has 0 spiro atoms. The molecule has 0 saturated carbocycles. The first-order valence-corrected chi connectivity index (χ1v) is 6.33. The van der Waals surface area contributed by atoms with Gasteiger partial charge in [0.1, 0.15) is 5.15 Å². The van der Waals surface area contributed by atoms with Crippen LogP contribution in [0, 0.1) is 6.92 Å². The Morgan fingerprint density at radius 3 is 2.83 bits per heavy atom. The summed E-state index contributed by atoms with van der Waals surface area (Å²) in [5, 5.41) is 3.87. The molecule has 0 aliphatic carbocycles. The third kappa shape index (κ3) is 2.82. The van der Waals surface area contributed by atoms with Crippen molar-refractivity contribution >= 4 is 17.3 Å². The third-order valence-corrected chi connectivity index (χ3v) is 3.02. The van der Waals surface area contributed by atoms with Crippen molar-refractivity contribution < 1.29 is 0 Å². The van der Waals surface area contributed by atoms with Gasteiger partial charge in [-0.15, -0.1) is 0 Å². The van der Waals surface area contributed by atoms with Crippen molar-refractivity contribution in [2.45, 2.75) is 33.4 Å². The molecule has 2 heterocycles. The van der Waals surface area contributed by atoms with Gasteiger partial charge in [-0.25, -0.2) is 9.97 Å². The minimum atomic E-state index is 0.411. The van der Waals surface area contributed by atoms with Crippen molar-refractivity contribution in [3.8, 4) is 0 Å². The van der Waals surface area contributed by atoms with E-state index in [9.17, 15) is 0 Å². The van der Waals surface area contributed by atoms with Crippen molar-refractivity contribution in [2.24, 2.45) is 0 Å². The number of nitrogens with zero attached hydrogens (tertiary/aromatic N) is 3. The Bertz CT molecular complexity index is 534. The second-order valence-electron chi connectivity index (χ2n) is 4.51. The van der Waals surface area contributed by atoms with E-state index in [2.05, 4.69) is 33.7 Å². The molecule has 1 N–H and O–H groups in total. The molecule has 5 heteroatoms. The molecule has 0 aliphatic rings. The largest absolute Gasteiger partial charge is 0.378 e. The Hall–Kier alpha value is -1.55. The van der Waals surface area contributed by atoms with Gasteiger partial charge in [-0.05, 0) is 32.9 Å². The summed E-state index contributed by atoms with van der Waals surface area (Å²) in [4.78, 5) is 8.39. The summed E-state index contributed by atoms with van der Waals surface area (Å²) in [7, 11) is 0. The van der Waals surface area contributed by atoms with Gasteiger partial charge in [-0.3, -0.25) is 0 Å². The predicted octanol–water partition coefficient (Wildman–Crippen LogP) is 3.43. The molecule has 0 aliphatic heterocycles. The van der Waals surface area contributed by atoms with E-state index in [0.29, 0.717) is 11.2 Å². The van der Waals surface area contributed by atoms with Crippen LogP contribution in [0.2, 0.25) is 5.15 Å². The van der Waals surface area contributed by atoms with Crippen molar-refractivity contribution in [1.29, 1.82) is 0 Å². The molecule has 96 valence electrons. The lowest BCUT2D eigenvalue weighted by Gasteiger charge is -2.13. The fourth-order valence-electron chi connectivity index (χ4n) is 1.84. The Morgan fingerprint density at radius 2 is 2.17 bits per heavy atom. The van der Waals surface area contributed by atoms with E-state index in [-0.39, 0.29) is 0 Å². The molecule has 0 amide bonds. The molecular formula is C13H17ClN4. The number of nitrogens with one attached hydrogen (secondary N) is 1. The molecule has 0 saturated heterocycles. The number of pyridine rings is 1. The monoisotopic (exact) mass is 264 g/mol. The first-order chi connectivity index (χ1) is 8.58. The maximum atomic E-state index is 5.83. The number of hydrogen-bond acceptors (Lipinski definition) is 3. The summed E-state index contributed by atoms with van der Waals surface area (Å²) in [6.45, 7) is 6.94. The minimum Gasteiger partial charge on any atom is -0.378 e. The summed E-state index contributed by atoms with van der Waals surface area (Å²) < 4.78 is 2.14. The quantitative estimate of drug-likeness (QED) is 0.861. The maximum absolute atomic E-state index is 5.83. The molecule has 2 rings (SSSR count). The lowest BCUT2D eigenvalue weighted by Crippen LogP contribution is -2.09. The van der Waals surface area contributed by atoms with E-state index in [1.165, 1.54) is 0 Å². The van der Waals surface area contributed by atoms with Crippen LogP contribution in [0.15, 0.2) is 24.7 Å². The van der Waals surface area contributed by atoms with E-state index in [1.807, 2.05) is 25.5 Å². The smallest absolute Gasteiger partial charge is 0.129 e. The fourth-order valence-corrected chi connectivity index (χ4v) is 2.03. The van der Waals surface area contributed by atoms with Crippen molar-refractivity contribution in [1.82, 2.24) is 14.5 Å². The summed E-state index contributed by atoms with van der Waals surface area (Å²) in [5.74, 6) is 0. The van der Waals surface area contributed by atoms with Gasteiger partial charge in [0, 0.05) is 12.2 Å². The van der Waals surface area contributed by atoms with Crippen LogP contribution in [0.3, 0.4) is 0 Å². The Kier molecular flexibility index (Phi) is 3.87. The fraction of sp³-hybridized carbons (Fsp3) is 0.385. The zero-order valence-corrected chi connectivity index (χ0v) is 11.6. The molecule has 0 aromatic carbocycles. The van der Waals surface area contributed by atoms with Crippen LogP contribution in [0.4, 0.5) is 5.69 Å². The molecular weight excluding hydrogens is 248 g/mol. The topological polar surface area (TPSA) is 42.7 Å². The average Bonchev–Trinajstić information content (AvgIpc) is 2.76. The predicted molar refractivity (Wildman–Crippen MR) is 73.9 cm³/mol. The van der Waals surface area contributed by atoms with E-state index in [0.717, 1.165) is 23.6 Å². The number of anilines is 1. The number of halogens is 1. The Morgan fingerprint density at radius 1 is 1.39 bits per heavy atom. The van der Waals surface area contributed by atoms with Crippen LogP contribution in [0.1, 0.15) is 31.3 Å². The van der Waals surface area contributed by atoms with Crippen LogP contribution in [0.5, 0.6) is 0 Å². The normalized spacial score (nSPS) is 10.9. The highest BCUT2D eigenvalue weighted by Gasteiger charge is 2.06. The Balaban J connectivity index is 2.09. The van der Waals surface area contributed by atoms with Gasteiger partial charge >= 0.3 is 0 Å². The molecule has 2 aromatic heterocycles. The van der Waals surface area contributed by atoms with Gasteiger partial charge in [0.05, 0.1) is 29.9 Å². The van der Waals surface area contributed by atoms with Gasteiger partial charge in [-0.1, -0.05) is 11.6 Å². The summed E-state index contributed by atoms with van der Waals surface area (Å²) in [5.41, 5.74) is 3.05. The van der Waals surface area contributed by atoms with Crippen molar-refractivity contribution in [2.75, 3.05) is 5.32 Å². The number of aromatic nitrogens is 3. The number of aryl methyl sites for hydroxylation is 1. The molecule has 0 fully saturated rings.